The zero-order valence-electron chi connectivity index (χ0n) is 12.3. The molecule has 1 aliphatic rings. The van der Waals surface area contributed by atoms with Gasteiger partial charge in [0, 0.05) is 5.56 Å². The van der Waals surface area contributed by atoms with Gasteiger partial charge < -0.3 is 19.8 Å². The molecule has 0 saturated heterocycles. The van der Waals surface area contributed by atoms with Gasteiger partial charge in [-0.25, -0.2) is 0 Å². The summed E-state index contributed by atoms with van der Waals surface area (Å²) in [7, 11) is 0. The molecule has 0 radical (unpaired) electrons. The number of furan rings is 1. The van der Waals surface area contributed by atoms with Crippen LogP contribution in [0.2, 0.25) is 0 Å². The molecular weight excluding hydrogens is 284 g/mol. The van der Waals surface area contributed by atoms with Crippen LogP contribution >= 0.6 is 0 Å². The molecule has 3 rings (SSSR count). The molecule has 2 N–H and O–H groups in total. The fourth-order valence-electron chi connectivity index (χ4n) is 2.20. The number of hydrogen-bond acceptors (Lipinski definition) is 4. The van der Waals surface area contributed by atoms with E-state index in [4.69, 9.17) is 9.15 Å². The van der Waals surface area contributed by atoms with E-state index in [1.807, 2.05) is 19.1 Å². The van der Waals surface area contributed by atoms with Crippen LogP contribution in [-0.2, 0) is 11.3 Å². The Labute approximate surface area is 127 Å². The van der Waals surface area contributed by atoms with Crippen molar-refractivity contribution in [1.29, 1.82) is 0 Å². The van der Waals surface area contributed by atoms with E-state index in [2.05, 4.69) is 10.6 Å². The van der Waals surface area contributed by atoms with Gasteiger partial charge in [-0.2, -0.15) is 0 Å². The molecule has 1 aliphatic heterocycles. The van der Waals surface area contributed by atoms with Crippen molar-refractivity contribution in [2.45, 2.75) is 26.5 Å². The van der Waals surface area contributed by atoms with Crippen LogP contribution in [0.1, 0.15) is 28.8 Å². The highest BCUT2D eigenvalue weighted by molar-refractivity contribution is 6.00. The average molecular weight is 300 g/mol. The topological polar surface area (TPSA) is 80.6 Å². The Hall–Kier alpha value is -2.76. The second-order valence-corrected chi connectivity index (χ2v) is 5.16. The second-order valence-electron chi connectivity index (χ2n) is 5.16. The minimum absolute atomic E-state index is 0.226. The van der Waals surface area contributed by atoms with Crippen molar-refractivity contribution in [1.82, 2.24) is 5.32 Å². The smallest absolute Gasteiger partial charge is 0.265 e. The summed E-state index contributed by atoms with van der Waals surface area (Å²) in [5.41, 5.74) is 0.949. The molecule has 0 fully saturated rings. The Kier molecular flexibility index (Phi) is 3.58. The Balaban J connectivity index is 1.71. The van der Waals surface area contributed by atoms with Crippen LogP contribution in [0.3, 0.4) is 0 Å². The highest BCUT2D eigenvalue weighted by Gasteiger charge is 2.24. The first kappa shape index (κ1) is 14.2. The maximum absolute atomic E-state index is 12.2. The number of hydrogen-bond donors (Lipinski definition) is 2. The van der Waals surface area contributed by atoms with Gasteiger partial charge in [0.2, 0.25) is 0 Å². The van der Waals surface area contributed by atoms with Crippen molar-refractivity contribution in [2.75, 3.05) is 5.32 Å². The van der Waals surface area contributed by atoms with Crippen LogP contribution in [0, 0.1) is 6.92 Å². The summed E-state index contributed by atoms with van der Waals surface area (Å²) in [5, 5.41) is 5.49. The van der Waals surface area contributed by atoms with Gasteiger partial charge in [0.15, 0.2) is 6.10 Å². The van der Waals surface area contributed by atoms with E-state index in [0.29, 0.717) is 29.3 Å². The highest BCUT2D eigenvalue weighted by Crippen LogP contribution is 2.30. The van der Waals surface area contributed by atoms with Gasteiger partial charge >= 0.3 is 0 Å². The third kappa shape index (κ3) is 2.81. The third-order valence-electron chi connectivity index (χ3n) is 3.39. The standard InChI is InChI=1S/C16H16N2O4/c1-9-3-5-12(21-9)8-17-16(20)11-4-6-14-13(7-11)18-15(19)10(2)22-14/h3-7,10H,8H2,1-2H3,(H,17,20)(H,18,19). The van der Waals surface area contributed by atoms with Crippen molar-refractivity contribution in [3.8, 4) is 5.75 Å². The van der Waals surface area contributed by atoms with Gasteiger partial charge in [-0.1, -0.05) is 0 Å². The van der Waals surface area contributed by atoms with Crippen molar-refractivity contribution in [3.05, 3.63) is 47.4 Å². The largest absolute Gasteiger partial charge is 0.479 e. The Bertz CT molecular complexity index is 735. The molecule has 0 aliphatic carbocycles. The SMILES string of the molecule is Cc1ccc(CNC(=O)c2ccc3c(c2)NC(=O)C(C)O3)o1. The van der Waals surface area contributed by atoms with Gasteiger partial charge in [0.25, 0.3) is 11.8 Å². The highest BCUT2D eigenvalue weighted by atomic mass is 16.5. The molecule has 0 bridgehead atoms. The monoisotopic (exact) mass is 300 g/mol. The maximum Gasteiger partial charge on any atom is 0.265 e. The molecule has 1 unspecified atom stereocenters. The minimum atomic E-state index is -0.533. The number of ether oxygens (including phenoxy) is 1. The van der Waals surface area contributed by atoms with E-state index in [1.54, 1.807) is 25.1 Å². The van der Waals surface area contributed by atoms with Crippen LogP contribution in [0.4, 0.5) is 5.69 Å². The first-order valence-corrected chi connectivity index (χ1v) is 6.98. The lowest BCUT2D eigenvalue weighted by Gasteiger charge is -2.23. The molecule has 1 atom stereocenters. The molecule has 114 valence electrons. The normalized spacial score (nSPS) is 16.5. The predicted octanol–water partition coefficient (Wildman–Crippen LogP) is 2.24. The van der Waals surface area contributed by atoms with E-state index in [1.165, 1.54) is 0 Å². The molecule has 0 saturated carbocycles. The van der Waals surface area contributed by atoms with Gasteiger partial charge in [0.1, 0.15) is 17.3 Å². The van der Waals surface area contributed by atoms with Gasteiger partial charge in [0.05, 0.1) is 12.2 Å². The fraction of sp³-hybridized carbons (Fsp3) is 0.250. The molecule has 2 heterocycles. The van der Waals surface area contributed by atoms with Crippen molar-refractivity contribution >= 4 is 17.5 Å². The van der Waals surface area contributed by atoms with Crippen molar-refractivity contribution in [3.63, 3.8) is 0 Å². The van der Waals surface area contributed by atoms with Gasteiger partial charge in [-0.15, -0.1) is 0 Å². The maximum atomic E-state index is 12.2. The average Bonchev–Trinajstić information content (AvgIpc) is 2.91. The van der Waals surface area contributed by atoms with Crippen LogP contribution in [-0.4, -0.2) is 17.9 Å². The first-order valence-electron chi connectivity index (χ1n) is 6.98. The lowest BCUT2D eigenvalue weighted by atomic mass is 10.1. The number of carbonyl (C=O) groups is 2. The molecule has 0 spiro atoms. The minimum Gasteiger partial charge on any atom is -0.479 e. The van der Waals surface area contributed by atoms with Gasteiger partial charge in [-0.3, -0.25) is 9.59 Å². The number of fused-ring (bicyclic) bond motifs is 1. The Morgan fingerprint density at radius 3 is 2.86 bits per heavy atom. The molecule has 22 heavy (non-hydrogen) atoms. The molecule has 1 aromatic carbocycles. The molecule has 6 nitrogen and oxygen atoms in total. The lowest BCUT2D eigenvalue weighted by Crippen LogP contribution is -2.34. The van der Waals surface area contributed by atoms with Crippen molar-refractivity contribution < 1.29 is 18.7 Å². The van der Waals surface area contributed by atoms with Crippen LogP contribution in [0.15, 0.2) is 34.7 Å². The number of benzene rings is 1. The number of aryl methyl sites for hydroxylation is 1. The van der Waals surface area contributed by atoms with E-state index in [9.17, 15) is 9.59 Å². The summed E-state index contributed by atoms with van der Waals surface area (Å²) in [5.74, 6) is 1.58. The zero-order valence-corrected chi connectivity index (χ0v) is 12.3. The quantitative estimate of drug-likeness (QED) is 0.911. The zero-order chi connectivity index (χ0) is 15.7. The summed E-state index contributed by atoms with van der Waals surface area (Å²) < 4.78 is 10.8. The summed E-state index contributed by atoms with van der Waals surface area (Å²) in [6.07, 6.45) is -0.533. The Morgan fingerprint density at radius 2 is 2.14 bits per heavy atom. The summed E-state index contributed by atoms with van der Waals surface area (Å²) >= 11 is 0. The van der Waals surface area contributed by atoms with Crippen LogP contribution in [0.5, 0.6) is 5.75 Å². The summed E-state index contributed by atoms with van der Waals surface area (Å²) in [4.78, 5) is 23.8. The molecule has 1 aromatic heterocycles. The number of nitrogens with one attached hydrogen (secondary N) is 2. The van der Waals surface area contributed by atoms with E-state index in [0.717, 1.165) is 5.76 Å². The second kappa shape index (κ2) is 5.55. The fourth-order valence-corrected chi connectivity index (χ4v) is 2.20. The number of amides is 2. The lowest BCUT2D eigenvalue weighted by molar-refractivity contribution is -0.122. The van der Waals surface area contributed by atoms with E-state index in [-0.39, 0.29) is 11.8 Å². The molecule has 6 heteroatoms. The Morgan fingerprint density at radius 1 is 1.32 bits per heavy atom. The predicted molar refractivity (Wildman–Crippen MR) is 79.8 cm³/mol. The number of rotatable bonds is 3. The first-order chi connectivity index (χ1) is 10.5. The third-order valence-corrected chi connectivity index (χ3v) is 3.39. The molecule has 2 aromatic rings. The molecule has 2 amide bonds. The van der Waals surface area contributed by atoms with Gasteiger partial charge in [-0.05, 0) is 44.2 Å². The number of carbonyl (C=O) groups excluding carboxylic acids is 2. The summed E-state index contributed by atoms with van der Waals surface area (Å²) in [6, 6.07) is 8.59. The summed E-state index contributed by atoms with van der Waals surface area (Å²) in [6.45, 7) is 3.83. The van der Waals surface area contributed by atoms with E-state index >= 15 is 0 Å². The van der Waals surface area contributed by atoms with Crippen molar-refractivity contribution in [2.24, 2.45) is 0 Å². The number of anilines is 1. The van der Waals surface area contributed by atoms with E-state index < -0.39 is 6.10 Å². The van der Waals surface area contributed by atoms with Crippen LogP contribution < -0.4 is 15.4 Å². The van der Waals surface area contributed by atoms with Crippen LogP contribution in [0.25, 0.3) is 0 Å². The molecular formula is C16H16N2O4.